The van der Waals surface area contributed by atoms with Gasteiger partial charge in [0.25, 0.3) is 0 Å². The Bertz CT molecular complexity index is 800. The molecule has 0 spiro atoms. The number of hydrogen-bond acceptors (Lipinski definition) is 2. The van der Waals surface area contributed by atoms with E-state index < -0.39 is 0 Å². The number of imidazole rings is 1. The third kappa shape index (κ3) is 2.34. The number of aromatic nitrogens is 2. The van der Waals surface area contributed by atoms with Crippen LogP contribution in [0.2, 0.25) is 9.36 Å². The molecule has 0 fully saturated rings. The number of aromatic amines is 1. The van der Waals surface area contributed by atoms with Gasteiger partial charge in [-0.3, -0.25) is 0 Å². The van der Waals surface area contributed by atoms with Crippen LogP contribution in [0.15, 0.2) is 30.3 Å². The van der Waals surface area contributed by atoms with Crippen LogP contribution < -0.4 is 0 Å². The molecule has 3 rings (SSSR count). The number of rotatable bonds is 2. The van der Waals surface area contributed by atoms with Crippen LogP contribution in [0.3, 0.4) is 0 Å². The van der Waals surface area contributed by atoms with Gasteiger partial charge in [0.05, 0.1) is 21.4 Å². The van der Waals surface area contributed by atoms with Gasteiger partial charge in [0, 0.05) is 9.90 Å². The zero-order valence-corrected chi connectivity index (χ0v) is 13.1. The second-order valence-electron chi connectivity index (χ2n) is 4.28. The molecule has 0 radical (unpaired) electrons. The number of hydrogen-bond donors (Lipinski definition) is 1. The first-order valence-corrected chi connectivity index (χ1v) is 7.69. The van der Waals surface area contributed by atoms with Crippen molar-refractivity contribution in [3.63, 3.8) is 0 Å². The first kappa shape index (κ1) is 13.2. The second kappa shape index (κ2) is 4.94. The Morgan fingerprint density at radius 3 is 2.74 bits per heavy atom. The van der Waals surface area contributed by atoms with Crippen LogP contribution >= 0.6 is 46.8 Å². The third-order valence-electron chi connectivity index (χ3n) is 3.07. The molecule has 0 saturated carbocycles. The molecular formula is C13H10Cl2N2S2. The van der Waals surface area contributed by atoms with Crippen LogP contribution in [0.5, 0.6) is 0 Å². The fourth-order valence-corrected chi connectivity index (χ4v) is 3.81. The predicted molar refractivity (Wildman–Crippen MR) is 85.3 cm³/mol. The summed E-state index contributed by atoms with van der Waals surface area (Å²) in [5, 5.41) is 0.697. The Kier molecular flexibility index (Phi) is 3.43. The third-order valence-corrected chi connectivity index (χ3v) is 5.01. The van der Waals surface area contributed by atoms with Crippen molar-refractivity contribution in [3.05, 3.63) is 49.3 Å². The number of thiophene rings is 1. The van der Waals surface area contributed by atoms with Crippen molar-refractivity contribution in [1.29, 1.82) is 0 Å². The van der Waals surface area contributed by atoms with E-state index in [9.17, 15) is 0 Å². The lowest BCUT2D eigenvalue weighted by Crippen LogP contribution is -2.04. The fourth-order valence-electron chi connectivity index (χ4n) is 2.17. The monoisotopic (exact) mass is 328 g/mol. The lowest BCUT2D eigenvalue weighted by Gasteiger charge is -2.12. The molecule has 98 valence electrons. The van der Waals surface area contributed by atoms with Gasteiger partial charge in [-0.05, 0) is 49.5 Å². The SMILES string of the molecule is CC(c1ccc(Cl)s1)n1c(=S)[nH]c2cc(Cl)ccc21. The highest BCUT2D eigenvalue weighted by atomic mass is 35.5. The molecular weight excluding hydrogens is 319 g/mol. The molecule has 3 aromatic rings. The minimum Gasteiger partial charge on any atom is -0.331 e. The summed E-state index contributed by atoms with van der Waals surface area (Å²) < 4.78 is 3.56. The van der Waals surface area contributed by atoms with Gasteiger partial charge in [-0.1, -0.05) is 23.2 Å². The molecule has 1 unspecified atom stereocenters. The van der Waals surface area contributed by atoms with Crippen LogP contribution in [-0.2, 0) is 0 Å². The summed E-state index contributed by atoms with van der Waals surface area (Å²) in [4.78, 5) is 4.37. The van der Waals surface area contributed by atoms with Crippen molar-refractivity contribution < 1.29 is 0 Å². The molecule has 0 aliphatic heterocycles. The van der Waals surface area contributed by atoms with Gasteiger partial charge >= 0.3 is 0 Å². The van der Waals surface area contributed by atoms with E-state index in [1.54, 1.807) is 11.3 Å². The molecule has 0 saturated heterocycles. The largest absolute Gasteiger partial charge is 0.331 e. The normalized spacial score (nSPS) is 13.0. The number of halogens is 2. The van der Waals surface area contributed by atoms with E-state index in [1.807, 2.05) is 30.3 Å². The highest BCUT2D eigenvalue weighted by Crippen LogP contribution is 2.32. The molecule has 1 aromatic carbocycles. The van der Waals surface area contributed by atoms with Gasteiger partial charge in [0.15, 0.2) is 4.77 Å². The van der Waals surface area contributed by atoms with Gasteiger partial charge in [-0.15, -0.1) is 11.3 Å². The van der Waals surface area contributed by atoms with E-state index in [0.29, 0.717) is 9.79 Å². The summed E-state index contributed by atoms with van der Waals surface area (Å²) in [6, 6.07) is 9.83. The Morgan fingerprint density at radius 2 is 2.05 bits per heavy atom. The van der Waals surface area contributed by atoms with E-state index >= 15 is 0 Å². The number of fused-ring (bicyclic) bond motifs is 1. The molecule has 2 aromatic heterocycles. The first-order chi connectivity index (χ1) is 9.06. The summed E-state index contributed by atoms with van der Waals surface area (Å²) in [5.74, 6) is 0. The Balaban J connectivity index is 2.19. The minimum atomic E-state index is 0.139. The maximum Gasteiger partial charge on any atom is 0.178 e. The smallest absolute Gasteiger partial charge is 0.178 e. The highest BCUT2D eigenvalue weighted by Gasteiger charge is 2.15. The zero-order valence-electron chi connectivity index (χ0n) is 9.98. The van der Waals surface area contributed by atoms with Crippen LogP contribution in [0.25, 0.3) is 11.0 Å². The summed E-state index contributed by atoms with van der Waals surface area (Å²) in [5.41, 5.74) is 2.00. The van der Waals surface area contributed by atoms with Crippen molar-refractivity contribution in [2.75, 3.05) is 0 Å². The van der Waals surface area contributed by atoms with E-state index in [0.717, 1.165) is 15.4 Å². The molecule has 6 heteroatoms. The van der Waals surface area contributed by atoms with Crippen LogP contribution in [0.4, 0.5) is 0 Å². The number of benzene rings is 1. The lowest BCUT2D eigenvalue weighted by atomic mass is 10.2. The van der Waals surface area contributed by atoms with Crippen molar-refractivity contribution in [2.24, 2.45) is 0 Å². The number of H-pyrrole nitrogens is 1. The quantitative estimate of drug-likeness (QED) is 0.600. The molecule has 19 heavy (non-hydrogen) atoms. The Morgan fingerprint density at radius 1 is 1.26 bits per heavy atom. The van der Waals surface area contributed by atoms with E-state index in [2.05, 4.69) is 16.5 Å². The van der Waals surface area contributed by atoms with Gasteiger partial charge in [-0.25, -0.2) is 0 Å². The molecule has 0 amide bonds. The first-order valence-electron chi connectivity index (χ1n) is 5.71. The minimum absolute atomic E-state index is 0.139. The summed E-state index contributed by atoms with van der Waals surface area (Å²) >= 11 is 19.0. The number of nitrogens with zero attached hydrogens (tertiary/aromatic N) is 1. The van der Waals surface area contributed by atoms with Crippen molar-refractivity contribution in [3.8, 4) is 0 Å². The van der Waals surface area contributed by atoms with Crippen LogP contribution in [-0.4, -0.2) is 9.55 Å². The summed E-state index contributed by atoms with van der Waals surface area (Å²) in [6.07, 6.45) is 0. The molecule has 2 heterocycles. The molecule has 0 aliphatic carbocycles. The second-order valence-corrected chi connectivity index (χ2v) is 6.85. The van der Waals surface area contributed by atoms with E-state index in [1.165, 1.54) is 4.88 Å². The molecule has 0 bridgehead atoms. The van der Waals surface area contributed by atoms with Crippen LogP contribution in [0.1, 0.15) is 17.8 Å². The molecule has 2 nitrogen and oxygen atoms in total. The summed E-state index contributed by atoms with van der Waals surface area (Å²) in [6.45, 7) is 2.11. The van der Waals surface area contributed by atoms with Crippen LogP contribution in [0, 0.1) is 4.77 Å². The maximum atomic E-state index is 6.00. The molecule has 0 aliphatic rings. The van der Waals surface area contributed by atoms with Crippen molar-refractivity contribution in [2.45, 2.75) is 13.0 Å². The highest BCUT2D eigenvalue weighted by molar-refractivity contribution is 7.71. The van der Waals surface area contributed by atoms with Gasteiger partial charge in [0.1, 0.15) is 0 Å². The zero-order chi connectivity index (χ0) is 13.6. The maximum absolute atomic E-state index is 6.00. The molecule has 1 N–H and O–H groups in total. The fraction of sp³-hybridized carbons (Fsp3) is 0.154. The van der Waals surface area contributed by atoms with E-state index in [-0.39, 0.29) is 6.04 Å². The van der Waals surface area contributed by atoms with Gasteiger partial charge in [-0.2, -0.15) is 0 Å². The topological polar surface area (TPSA) is 20.7 Å². The average Bonchev–Trinajstić information content (AvgIpc) is 2.91. The lowest BCUT2D eigenvalue weighted by molar-refractivity contribution is 0.661. The molecule has 1 atom stereocenters. The Hall–Kier alpha value is -0.810. The average molecular weight is 329 g/mol. The standard InChI is InChI=1S/C13H10Cl2N2S2/c1-7(11-4-5-12(15)19-11)17-10-3-2-8(14)6-9(10)16-13(17)18/h2-7H,1H3,(H,16,18). The Labute approximate surface area is 129 Å². The van der Waals surface area contributed by atoms with Gasteiger partial charge in [0.2, 0.25) is 0 Å². The summed E-state index contributed by atoms with van der Waals surface area (Å²) in [7, 11) is 0. The van der Waals surface area contributed by atoms with Crippen molar-refractivity contribution in [1.82, 2.24) is 9.55 Å². The predicted octanol–water partition coefficient (Wildman–Crippen LogP) is 5.68. The number of nitrogens with one attached hydrogen (secondary N) is 1. The van der Waals surface area contributed by atoms with E-state index in [4.69, 9.17) is 35.4 Å². The van der Waals surface area contributed by atoms with Crippen molar-refractivity contribution >= 4 is 57.8 Å². The van der Waals surface area contributed by atoms with Gasteiger partial charge < -0.3 is 9.55 Å².